The largest absolute Gasteiger partial charge is 0.478 e. The summed E-state index contributed by atoms with van der Waals surface area (Å²) in [6, 6.07) is 7.01. The Morgan fingerprint density at radius 2 is 1.70 bits per heavy atom. The van der Waals surface area contributed by atoms with Crippen LogP contribution >= 0.6 is 0 Å². The number of ether oxygens (including phenoxy) is 2. The van der Waals surface area contributed by atoms with Crippen LogP contribution in [0.15, 0.2) is 35.9 Å². The van der Waals surface area contributed by atoms with E-state index in [1.165, 1.54) is 0 Å². The number of rotatable bonds is 13. The number of aliphatic hydroxyl groups excluding tert-OH is 4. The van der Waals surface area contributed by atoms with Crippen molar-refractivity contribution in [3.05, 3.63) is 41.5 Å². The van der Waals surface area contributed by atoms with E-state index >= 15 is 0 Å². The fourth-order valence-corrected chi connectivity index (χ4v) is 6.41. The Labute approximate surface area is 216 Å². The van der Waals surface area contributed by atoms with Gasteiger partial charge in [0.05, 0.1) is 24.5 Å². The number of anilines is 1. The van der Waals surface area contributed by atoms with Crippen LogP contribution in [0.1, 0.15) is 51.0 Å². The summed E-state index contributed by atoms with van der Waals surface area (Å²) < 4.78 is 40.9. The molecule has 0 aromatic heterocycles. The topological polar surface area (TPSA) is 183 Å². The van der Waals surface area contributed by atoms with Crippen LogP contribution in [0.4, 0.5) is 5.69 Å². The molecule has 1 aliphatic carbocycles. The van der Waals surface area contributed by atoms with Crippen molar-refractivity contribution < 1.29 is 48.2 Å². The summed E-state index contributed by atoms with van der Waals surface area (Å²) >= 11 is 0. The number of carbonyl (C=O) groups is 1. The second-order valence-electron chi connectivity index (χ2n) is 9.52. The molecule has 0 amide bonds. The number of para-hydroxylation sites is 1. The van der Waals surface area contributed by atoms with Gasteiger partial charge in [-0.05, 0) is 37.0 Å². The van der Waals surface area contributed by atoms with Crippen molar-refractivity contribution in [2.24, 2.45) is 0 Å². The molecule has 11 nitrogen and oxygen atoms in total. The van der Waals surface area contributed by atoms with E-state index in [0.29, 0.717) is 12.1 Å². The maximum absolute atomic E-state index is 13.4. The highest BCUT2D eigenvalue weighted by Gasteiger charge is 2.54. The Morgan fingerprint density at radius 3 is 2.27 bits per heavy atom. The first-order valence-corrected chi connectivity index (χ1v) is 14.1. The lowest BCUT2D eigenvalue weighted by atomic mass is 9.94. The number of hydrogen-bond acceptors (Lipinski definition) is 9. The number of aryl methyl sites for hydroxylation is 1. The third-order valence-electron chi connectivity index (χ3n) is 6.80. The monoisotopic (exact) mass is 543 g/mol. The maximum Gasteiger partial charge on any atom is 0.332 e. The van der Waals surface area contributed by atoms with Gasteiger partial charge >= 0.3 is 5.97 Å². The van der Waals surface area contributed by atoms with Gasteiger partial charge in [0.2, 0.25) is 10.0 Å². The molecule has 0 saturated carbocycles. The molecule has 1 heterocycles. The summed E-state index contributed by atoms with van der Waals surface area (Å²) in [6.07, 6.45) is 0.00561. The second kappa shape index (κ2) is 12.7. The predicted molar refractivity (Wildman–Crippen MR) is 134 cm³/mol. The van der Waals surface area contributed by atoms with Crippen LogP contribution < -0.4 is 4.72 Å². The summed E-state index contributed by atoms with van der Waals surface area (Å²) in [7, 11) is -4.19. The second-order valence-corrected chi connectivity index (χ2v) is 11.4. The van der Waals surface area contributed by atoms with Crippen molar-refractivity contribution in [3.63, 3.8) is 0 Å². The van der Waals surface area contributed by atoms with Crippen molar-refractivity contribution in [1.82, 2.24) is 0 Å². The van der Waals surface area contributed by atoms with Crippen LogP contribution in [0, 0.1) is 0 Å². The van der Waals surface area contributed by atoms with E-state index in [0.717, 1.165) is 37.3 Å². The van der Waals surface area contributed by atoms with Crippen LogP contribution in [0.25, 0.3) is 0 Å². The lowest BCUT2D eigenvalue weighted by molar-refractivity contribution is -0.163. The molecule has 1 spiro atoms. The smallest absolute Gasteiger partial charge is 0.332 e. The zero-order valence-electron chi connectivity index (χ0n) is 20.8. The van der Waals surface area contributed by atoms with E-state index < -0.39 is 70.2 Å². The molecule has 0 bridgehead atoms. The Bertz CT molecular complexity index is 1040. The van der Waals surface area contributed by atoms with Gasteiger partial charge in [-0.2, -0.15) is 0 Å². The van der Waals surface area contributed by atoms with Crippen molar-refractivity contribution in [1.29, 1.82) is 0 Å². The van der Waals surface area contributed by atoms with E-state index in [9.17, 15) is 38.7 Å². The number of hydrogen-bond donors (Lipinski definition) is 6. The molecule has 0 radical (unpaired) electrons. The maximum atomic E-state index is 13.4. The molecule has 208 valence electrons. The number of carboxylic acids is 1. The number of aliphatic carboxylic acids is 1. The zero-order chi connectivity index (χ0) is 27.2. The van der Waals surface area contributed by atoms with Gasteiger partial charge in [-0.3, -0.25) is 4.72 Å². The third-order valence-corrected chi connectivity index (χ3v) is 8.54. The summed E-state index contributed by atoms with van der Waals surface area (Å²) in [4.78, 5) is 12.2. The van der Waals surface area contributed by atoms with E-state index in [2.05, 4.69) is 11.6 Å². The van der Waals surface area contributed by atoms with Crippen molar-refractivity contribution in [3.8, 4) is 0 Å². The minimum absolute atomic E-state index is 0.0999. The number of benzene rings is 1. The minimum atomic E-state index is -4.19. The first-order chi connectivity index (χ1) is 17.6. The Kier molecular flexibility index (Phi) is 10.1. The zero-order valence-corrected chi connectivity index (χ0v) is 21.6. The Morgan fingerprint density at radius 1 is 1.08 bits per heavy atom. The molecule has 3 rings (SSSR count). The molecular weight excluding hydrogens is 506 g/mol. The molecular formula is C25H37NO10S. The number of sulfonamides is 1. The highest BCUT2D eigenvalue weighted by atomic mass is 32.2. The standard InChI is InChI=1S/C25H37NO10S/c1-2-3-4-5-8-16-9-6-7-10-18(16)26-37(33,34)21-11-12-25(13-17(21)24(31)32)35-22(19(29)14-27)23(36-25)20(30)15-28/h6-7,9-10,13,19-23,26-30H,2-5,8,11-12,14-15H2,1H3,(H,31,32). The predicted octanol–water partition coefficient (Wildman–Crippen LogP) is 0.911. The summed E-state index contributed by atoms with van der Waals surface area (Å²) in [5, 5.41) is 47.5. The fraction of sp³-hybridized carbons (Fsp3) is 0.640. The van der Waals surface area contributed by atoms with Gasteiger partial charge in [0.1, 0.15) is 29.7 Å². The van der Waals surface area contributed by atoms with E-state index in [1.807, 2.05) is 12.1 Å². The molecule has 37 heavy (non-hydrogen) atoms. The van der Waals surface area contributed by atoms with Gasteiger partial charge in [0.15, 0.2) is 5.79 Å². The van der Waals surface area contributed by atoms with Crippen LogP contribution in [0.5, 0.6) is 0 Å². The number of aliphatic hydroxyl groups is 4. The average molecular weight is 544 g/mol. The fourth-order valence-electron chi connectivity index (χ4n) is 4.83. The van der Waals surface area contributed by atoms with Gasteiger partial charge in [-0.25, -0.2) is 13.2 Å². The van der Waals surface area contributed by atoms with Gasteiger partial charge in [0.25, 0.3) is 0 Å². The molecule has 1 aromatic rings. The number of unbranched alkanes of at least 4 members (excludes halogenated alkanes) is 3. The Balaban J connectivity index is 1.86. The number of carboxylic acid groups (broad SMARTS) is 1. The molecule has 2 aliphatic rings. The molecule has 1 aromatic carbocycles. The van der Waals surface area contributed by atoms with Crippen molar-refractivity contribution >= 4 is 21.7 Å². The lowest BCUT2D eigenvalue weighted by Gasteiger charge is -2.33. The quantitative estimate of drug-likeness (QED) is 0.196. The molecule has 5 atom stereocenters. The lowest BCUT2D eigenvalue weighted by Crippen LogP contribution is -2.45. The number of nitrogens with one attached hydrogen (secondary N) is 1. The van der Waals surface area contributed by atoms with E-state index in [1.54, 1.807) is 12.1 Å². The van der Waals surface area contributed by atoms with Gasteiger partial charge in [0, 0.05) is 6.42 Å². The van der Waals surface area contributed by atoms with Gasteiger partial charge in [-0.1, -0.05) is 44.4 Å². The van der Waals surface area contributed by atoms with Crippen LogP contribution in [-0.2, 0) is 30.7 Å². The molecule has 1 aliphatic heterocycles. The average Bonchev–Trinajstić information content (AvgIpc) is 3.24. The van der Waals surface area contributed by atoms with E-state index in [4.69, 9.17) is 9.47 Å². The molecule has 6 N–H and O–H groups in total. The Hall–Kier alpha value is -2.06. The van der Waals surface area contributed by atoms with Gasteiger partial charge in [-0.15, -0.1) is 0 Å². The molecule has 1 fully saturated rings. The minimum Gasteiger partial charge on any atom is -0.478 e. The highest BCUT2D eigenvalue weighted by Crippen LogP contribution is 2.42. The van der Waals surface area contributed by atoms with E-state index in [-0.39, 0.29) is 12.8 Å². The summed E-state index contributed by atoms with van der Waals surface area (Å²) in [5.74, 6) is -3.24. The summed E-state index contributed by atoms with van der Waals surface area (Å²) in [5.41, 5.74) is 0.740. The van der Waals surface area contributed by atoms with Crippen LogP contribution in [0.2, 0.25) is 0 Å². The first-order valence-electron chi connectivity index (χ1n) is 12.6. The normalized spacial score (nSPS) is 27.6. The van der Waals surface area contributed by atoms with Gasteiger partial charge < -0.3 is 35.0 Å². The van der Waals surface area contributed by atoms with Crippen molar-refractivity contribution in [2.75, 3.05) is 17.9 Å². The molecule has 1 saturated heterocycles. The van der Waals surface area contributed by atoms with Crippen LogP contribution in [-0.4, -0.2) is 88.6 Å². The van der Waals surface area contributed by atoms with Crippen LogP contribution in [0.3, 0.4) is 0 Å². The first kappa shape index (κ1) is 29.5. The SMILES string of the molecule is CCCCCCc1ccccc1NS(=O)(=O)C1CCC2(C=C1C(=O)O)OC(C(O)CO)C(C(O)CO)O2. The molecule has 12 heteroatoms. The third kappa shape index (κ3) is 6.88. The highest BCUT2D eigenvalue weighted by molar-refractivity contribution is 7.93. The van der Waals surface area contributed by atoms with Crippen molar-refractivity contribution in [2.45, 2.75) is 87.3 Å². The summed E-state index contributed by atoms with van der Waals surface area (Å²) in [6.45, 7) is 0.648. The molecule has 5 unspecified atom stereocenters.